The monoisotopic (exact) mass is 249 g/mol. The first-order chi connectivity index (χ1) is 8.76. The molecule has 0 radical (unpaired) electrons. The smallest absolute Gasteiger partial charge is 0.238 e. The van der Waals surface area contributed by atoms with Crippen LogP contribution in [0, 0.1) is 0 Å². The molecule has 1 fully saturated rings. The van der Waals surface area contributed by atoms with Gasteiger partial charge in [-0.3, -0.25) is 0 Å². The van der Waals surface area contributed by atoms with Gasteiger partial charge in [-0.15, -0.1) is 0 Å². The number of hydrogen-bond donors (Lipinski definition) is 1. The van der Waals surface area contributed by atoms with Crippen molar-refractivity contribution in [1.82, 2.24) is 4.98 Å². The minimum atomic E-state index is 0.534. The van der Waals surface area contributed by atoms with Crippen LogP contribution in [-0.2, 0) is 0 Å². The zero-order chi connectivity index (χ0) is 13.0. The Labute approximate surface area is 109 Å². The molecule has 18 heavy (non-hydrogen) atoms. The summed E-state index contributed by atoms with van der Waals surface area (Å²) in [6.07, 6.45) is 6.30. The van der Waals surface area contributed by atoms with E-state index in [1.807, 2.05) is 12.1 Å². The minimum Gasteiger partial charge on any atom is -0.479 e. The summed E-state index contributed by atoms with van der Waals surface area (Å²) in [5.74, 6) is 1.53. The largest absolute Gasteiger partial charge is 0.479 e. The van der Waals surface area contributed by atoms with Gasteiger partial charge in [-0.2, -0.15) is 4.98 Å². The van der Waals surface area contributed by atoms with Crippen molar-refractivity contribution in [3.8, 4) is 5.88 Å². The van der Waals surface area contributed by atoms with Gasteiger partial charge in [0.15, 0.2) is 0 Å². The number of anilines is 2. The first kappa shape index (κ1) is 13.0. The summed E-state index contributed by atoms with van der Waals surface area (Å²) in [5, 5.41) is 0. The van der Waals surface area contributed by atoms with E-state index in [2.05, 4.69) is 16.8 Å². The van der Waals surface area contributed by atoms with Crippen molar-refractivity contribution in [3.63, 3.8) is 0 Å². The fraction of sp³-hybridized carbons (Fsp3) is 0.643. The second-order valence-corrected chi connectivity index (χ2v) is 4.87. The van der Waals surface area contributed by atoms with E-state index >= 15 is 0 Å². The van der Waals surface area contributed by atoms with E-state index in [4.69, 9.17) is 10.5 Å². The molecule has 0 aliphatic carbocycles. The van der Waals surface area contributed by atoms with Crippen LogP contribution in [0.15, 0.2) is 12.1 Å². The van der Waals surface area contributed by atoms with Gasteiger partial charge >= 0.3 is 0 Å². The molecule has 100 valence electrons. The molecule has 0 aromatic carbocycles. The van der Waals surface area contributed by atoms with Gasteiger partial charge in [-0.05, 0) is 31.4 Å². The molecule has 0 spiro atoms. The molecule has 4 nitrogen and oxygen atoms in total. The minimum absolute atomic E-state index is 0.534. The molecule has 1 atom stereocenters. The quantitative estimate of drug-likeness (QED) is 0.895. The molecule has 2 heterocycles. The Morgan fingerprint density at radius 3 is 2.94 bits per heavy atom. The number of nitrogens with two attached hydrogens (primary N) is 1. The molecular weight excluding hydrogens is 226 g/mol. The van der Waals surface area contributed by atoms with Crippen LogP contribution >= 0.6 is 0 Å². The van der Waals surface area contributed by atoms with Crippen LogP contribution in [0.4, 0.5) is 11.5 Å². The lowest BCUT2D eigenvalue weighted by atomic mass is 10.1. The van der Waals surface area contributed by atoms with Crippen molar-refractivity contribution < 1.29 is 4.74 Å². The van der Waals surface area contributed by atoms with Crippen molar-refractivity contribution >= 4 is 11.5 Å². The Morgan fingerprint density at radius 2 is 2.22 bits per heavy atom. The lowest BCUT2D eigenvalue weighted by Crippen LogP contribution is -2.35. The predicted molar refractivity (Wildman–Crippen MR) is 75.1 cm³/mol. The van der Waals surface area contributed by atoms with Gasteiger partial charge < -0.3 is 15.4 Å². The van der Waals surface area contributed by atoms with Crippen LogP contribution < -0.4 is 15.4 Å². The fourth-order valence-corrected chi connectivity index (χ4v) is 2.67. The van der Waals surface area contributed by atoms with Gasteiger partial charge in [-0.1, -0.05) is 19.8 Å². The number of methoxy groups -OCH3 is 1. The summed E-state index contributed by atoms with van der Waals surface area (Å²) in [6.45, 7) is 3.33. The van der Waals surface area contributed by atoms with Crippen LogP contribution in [-0.4, -0.2) is 24.7 Å². The molecule has 1 unspecified atom stereocenters. The summed E-state index contributed by atoms with van der Waals surface area (Å²) in [7, 11) is 1.61. The number of nitrogen functional groups attached to an aromatic ring is 1. The molecule has 0 saturated carbocycles. The van der Waals surface area contributed by atoms with Crippen molar-refractivity contribution in [3.05, 3.63) is 12.1 Å². The summed E-state index contributed by atoms with van der Waals surface area (Å²) in [5.41, 5.74) is 6.42. The van der Waals surface area contributed by atoms with E-state index in [1.165, 1.54) is 25.7 Å². The third kappa shape index (κ3) is 2.68. The van der Waals surface area contributed by atoms with Crippen LogP contribution in [0.2, 0.25) is 0 Å². The normalized spacial score (nSPS) is 20.6. The van der Waals surface area contributed by atoms with Gasteiger partial charge in [0, 0.05) is 12.6 Å². The lowest BCUT2D eigenvalue weighted by Gasteiger charge is -2.30. The van der Waals surface area contributed by atoms with Crippen molar-refractivity contribution in [2.45, 2.75) is 45.1 Å². The second-order valence-electron chi connectivity index (χ2n) is 4.87. The van der Waals surface area contributed by atoms with Crippen molar-refractivity contribution in [2.75, 3.05) is 24.3 Å². The highest BCUT2D eigenvalue weighted by Gasteiger charge is 2.21. The number of ether oxygens (including phenoxy) is 1. The molecule has 1 aliphatic rings. The number of hydrogen-bond acceptors (Lipinski definition) is 4. The highest BCUT2D eigenvalue weighted by molar-refractivity contribution is 5.55. The van der Waals surface area contributed by atoms with Crippen LogP contribution in [0.3, 0.4) is 0 Å². The van der Waals surface area contributed by atoms with E-state index < -0.39 is 0 Å². The molecule has 2 rings (SSSR count). The van der Waals surface area contributed by atoms with Gasteiger partial charge in [0.25, 0.3) is 0 Å². The second kappa shape index (κ2) is 5.94. The zero-order valence-electron chi connectivity index (χ0n) is 11.4. The summed E-state index contributed by atoms with van der Waals surface area (Å²) in [4.78, 5) is 6.94. The Kier molecular flexibility index (Phi) is 4.28. The van der Waals surface area contributed by atoms with Crippen molar-refractivity contribution in [2.24, 2.45) is 0 Å². The van der Waals surface area contributed by atoms with Crippen LogP contribution in [0.1, 0.15) is 39.0 Å². The third-order valence-electron chi connectivity index (χ3n) is 3.71. The van der Waals surface area contributed by atoms with Crippen LogP contribution in [0.5, 0.6) is 5.88 Å². The Morgan fingerprint density at radius 1 is 1.39 bits per heavy atom. The molecule has 1 aromatic rings. The standard InChI is InChI=1S/C14H23N3O/c1-3-11-7-5-4-6-10-17(11)13-9-8-12(15)14(16-13)18-2/h8-9,11H,3-7,10,15H2,1-2H3. The molecule has 1 aromatic heterocycles. The Balaban J connectivity index is 2.26. The molecule has 0 bridgehead atoms. The summed E-state index contributed by atoms with van der Waals surface area (Å²) >= 11 is 0. The van der Waals surface area contributed by atoms with E-state index in [-0.39, 0.29) is 0 Å². The maximum Gasteiger partial charge on any atom is 0.238 e. The summed E-state index contributed by atoms with van der Waals surface area (Å²) < 4.78 is 5.21. The molecule has 1 aliphatic heterocycles. The van der Waals surface area contributed by atoms with Gasteiger partial charge in [0.05, 0.1) is 12.8 Å². The SMILES string of the molecule is CCC1CCCCCN1c1ccc(N)c(OC)n1. The average molecular weight is 249 g/mol. The summed E-state index contributed by atoms with van der Waals surface area (Å²) in [6, 6.07) is 4.48. The van der Waals surface area contributed by atoms with E-state index in [0.717, 1.165) is 18.8 Å². The zero-order valence-corrected chi connectivity index (χ0v) is 11.4. The van der Waals surface area contributed by atoms with E-state index in [1.54, 1.807) is 7.11 Å². The Hall–Kier alpha value is -1.45. The van der Waals surface area contributed by atoms with Gasteiger partial charge in [0.1, 0.15) is 5.82 Å². The lowest BCUT2D eigenvalue weighted by molar-refractivity contribution is 0.399. The van der Waals surface area contributed by atoms with Gasteiger partial charge in [0.2, 0.25) is 5.88 Å². The molecule has 2 N–H and O–H groups in total. The Bertz CT molecular complexity index is 395. The fourth-order valence-electron chi connectivity index (χ4n) is 2.67. The highest BCUT2D eigenvalue weighted by atomic mass is 16.5. The molecular formula is C14H23N3O. The average Bonchev–Trinajstić information content (AvgIpc) is 2.64. The predicted octanol–water partition coefficient (Wildman–Crippen LogP) is 2.83. The van der Waals surface area contributed by atoms with Gasteiger partial charge in [-0.25, -0.2) is 0 Å². The number of aromatic nitrogens is 1. The molecule has 0 amide bonds. The first-order valence-electron chi connectivity index (χ1n) is 6.83. The van der Waals surface area contributed by atoms with Crippen LogP contribution in [0.25, 0.3) is 0 Å². The number of rotatable bonds is 3. The van der Waals surface area contributed by atoms with E-state index in [9.17, 15) is 0 Å². The topological polar surface area (TPSA) is 51.4 Å². The maximum absolute atomic E-state index is 5.82. The third-order valence-corrected chi connectivity index (χ3v) is 3.71. The number of pyridine rings is 1. The molecule has 1 saturated heterocycles. The number of nitrogens with zero attached hydrogens (tertiary/aromatic N) is 2. The highest BCUT2D eigenvalue weighted by Crippen LogP contribution is 2.28. The maximum atomic E-state index is 5.82. The first-order valence-corrected chi connectivity index (χ1v) is 6.83. The molecule has 4 heteroatoms. The van der Waals surface area contributed by atoms with E-state index in [0.29, 0.717) is 17.6 Å². The van der Waals surface area contributed by atoms with Crippen molar-refractivity contribution in [1.29, 1.82) is 0 Å².